The molecule has 0 bridgehead atoms. The first kappa shape index (κ1) is 13.2. The van der Waals surface area contributed by atoms with Crippen molar-refractivity contribution in [3.8, 4) is 5.69 Å². The molecule has 0 aliphatic carbocycles. The van der Waals surface area contributed by atoms with Crippen LogP contribution < -0.4 is 5.32 Å². The molecule has 19 heavy (non-hydrogen) atoms. The van der Waals surface area contributed by atoms with Gasteiger partial charge in [-0.3, -0.25) is 4.79 Å². The molecule has 1 heterocycles. The van der Waals surface area contributed by atoms with Gasteiger partial charge >= 0.3 is 0 Å². The van der Waals surface area contributed by atoms with Gasteiger partial charge in [0, 0.05) is 11.6 Å². The molecule has 100 valence electrons. The molecule has 1 amide bonds. The summed E-state index contributed by atoms with van der Waals surface area (Å²) in [5.41, 5.74) is 1.45. The maximum Gasteiger partial charge on any atom is 0.251 e. The van der Waals surface area contributed by atoms with Crippen molar-refractivity contribution >= 4 is 5.91 Å². The highest BCUT2D eigenvalue weighted by molar-refractivity contribution is 5.94. The highest BCUT2D eigenvalue weighted by atomic mass is 16.1. The number of tetrazole rings is 1. The molecule has 0 radical (unpaired) electrons. The number of carbonyl (C=O) groups is 1. The quantitative estimate of drug-likeness (QED) is 0.901. The second kappa shape index (κ2) is 5.60. The van der Waals surface area contributed by atoms with Gasteiger partial charge in [-0.15, -0.1) is 5.10 Å². The maximum atomic E-state index is 12.0. The molecular formula is C13H17N5O. The summed E-state index contributed by atoms with van der Waals surface area (Å²) in [4.78, 5) is 12.0. The zero-order valence-corrected chi connectivity index (χ0v) is 11.2. The van der Waals surface area contributed by atoms with Crippen LogP contribution in [-0.4, -0.2) is 32.2 Å². The van der Waals surface area contributed by atoms with E-state index in [-0.39, 0.29) is 11.9 Å². The maximum absolute atomic E-state index is 12.0. The van der Waals surface area contributed by atoms with E-state index in [2.05, 4.69) is 34.7 Å². The molecule has 0 aliphatic heterocycles. The molecule has 6 nitrogen and oxygen atoms in total. The topological polar surface area (TPSA) is 72.7 Å². The molecule has 1 N–H and O–H groups in total. The Hall–Kier alpha value is -2.24. The Kier molecular flexibility index (Phi) is 3.89. The lowest BCUT2D eigenvalue weighted by atomic mass is 10.1. The van der Waals surface area contributed by atoms with Gasteiger partial charge < -0.3 is 5.32 Å². The summed E-state index contributed by atoms with van der Waals surface area (Å²) >= 11 is 0. The van der Waals surface area contributed by atoms with E-state index >= 15 is 0 Å². The molecule has 0 spiro atoms. The third-order valence-electron chi connectivity index (χ3n) is 3.10. The Labute approximate surface area is 111 Å². The van der Waals surface area contributed by atoms with Gasteiger partial charge in [-0.1, -0.05) is 13.8 Å². The lowest BCUT2D eigenvalue weighted by Gasteiger charge is -2.17. The number of rotatable bonds is 4. The van der Waals surface area contributed by atoms with Gasteiger partial charge in [-0.25, -0.2) is 4.68 Å². The number of nitrogens with zero attached hydrogens (tertiary/aromatic N) is 4. The largest absolute Gasteiger partial charge is 0.349 e. The van der Waals surface area contributed by atoms with Gasteiger partial charge in [-0.05, 0) is 47.5 Å². The molecule has 0 saturated carbocycles. The first-order valence-electron chi connectivity index (χ1n) is 6.22. The number of aromatic nitrogens is 4. The van der Waals surface area contributed by atoms with E-state index in [1.54, 1.807) is 16.8 Å². The minimum Gasteiger partial charge on any atom is -0.349 e. The number of amides is 1. The smallest absolute Gasteiger partial charge is 0.251 e. The SMILES string of the molecule is CC(C)C(C)NC(=O)c1ccc(-n2cnnn2)cc1. The van der Waals surface area contributed by atoms with Crippen molar-refractivity contribution < 1.29 is 4.79 Å². The van der Waals surface area contributed by atoms with Gasteiger partial charge in [0.25, 0.3) is 5.91 Å². The third-order valence-corrected chi connectivity index (χ3v) is 3.10. The van der Waals surface area contributed by atoms with E-state index < -0.39 is 0 Å². The Morgan fingerprint density at radius 1 is 1.21 bits per heavy atom. The van der Waals surface area contributed by atoms with E-state index in [4.69, 9.17) is 0 Å². The van der Waals surface area contributed by atoms with Crippen LogP contribution in [0.25, 0.3) is 5.69 Å². The first-order chi connectivity index (χ1) is 9.08. The number of benzene rings is 1. The predicted molar refractivity (Wildman–Crippen MR) is 70.9 cm³/mol. The van der Waals surface area contributed by atoms with Crippen molar-refractivity contribution in [1.82, 2.24) is 25.5 Å². The molecule has 0 fully saturated rings. The zero-order chi connectivity index (χ0) is 13.8. The molecular weight excluding hydrogens is 242 g/mol. The van der Waals surface area contributed by atoms with Crippen LogP contribution in [0.5, 0.6) is 0 Å². The Balaban J connectivity index is 2.08. The van der Waals surface area contributed by atoms with Crippen LogP contribution in [-0.2, 0) is 0 Å². The molecule has 1 unspecified atom stereocenters. The summed E-state index contributed by atoms with van der Waals surface area (Å²) in [5.74, 6) is 0.342. The van der Waals surface area contributed by atoms with Gasteiger partial charge in [-0.2, -0.15) is 0 Å². The van der Waals surface area contributed by atoms with Crippen molar-refractivity contribution in [2.45, 2.75) is 26.8 Å². The van der Waals surface area contributed by atoms with Gasteiger partial charge in [0.2, 0.25) is 0 Å². The minimum atomic E-state index is -0.0653. The van der Waals surface area contributed by atoms with Crippen LogP contribution in [0, 0.1) is 5.92 Å². The Bertz CT molecular complexity index is 533. The van der Waals surface area contributed by atoms with Crippen LogP contribution in [0.15, 0.2) is 30.6 Å². The van der Waals surface area contributed by atoms with Crippen LogP contribution in [0.1, 0.15) is 31.1 Å². The number of hydrogen-bond donors (Lipinski definition) is 1. The number of nitrogens with one attached hydrogen (secondary N) is 1. The van der Waals surface area contributed by atoms with E-state index in [1.807, 2.05) is 19.1 Å². The molecule has 0 aliphatic rings. The summed E-state index contributed by atoms with van der Waals surface area (Å²) in [7, 11) is 0. The lowest BCUT2D eigenvalue weighted by molar-refractivity contribution is 0.0930. The highest BCUT2D eigenvalue weighted by Crippen LogP contribution is 2.09. The first-order valence-corrected chi connectivity index (χ1v) is 6.22. The average molecular weight is 259 g/mol. The summed E-state index contributed by atoms with van der Waals surface area (Å²) < 4.78 is 1.54. The van der Waals surface area contributed by atoms with Crippen molar-refractivity contribution in [3.63, 3.8) is 0 Å². The predicted octanol–water partition coefficient (Wildman–Crippen LogP) is 1.44. The van der Waals surface area contributed by atoms with Crippen LogP contribution in [0.3, 0.4) is 0 Å². The molecule has 6 heteroatoms. The van der Waals surface area contributed by atoms with Gasteiger partial charge in [0.1, 0.15) is 6.33 Å². The lowest BCUT2D eigenvalue weighted by Crippen LogP contribution is -2.36. The average Bonchev–Trinajstić information content (AvgIpc) is 2.92. The third kappa shape index (κ3) is 3.15. The van der Waals surface area contributed by atoms with Crippen LogP contribution >= 0.6 is 0 Å². The Morgan fingerprint density at radius 2 is 1.89 bits per heavy atom. The zero-order valence-electron chi connectivity index (χ0n) is 11.2. The van der Waals surface area contributed by atoms with E-state index in [9.17, 15) is 4.79 Å². The van der Waals surface area contributed by atoms with E-state index in [1.165, 1.54) is 6.33 Å². The summed E-state index contributed by atoms with van der Waals surface area (Å²) in [6, 6.07) is 7.29. The minimum absolute atomic E-state index is 0.0653. The van der Waals surface area contributed by atoms with Crippen molar-refractivity contribution in [1.29, 1.82) is 0 Å². The van der Waals surface area contributed by atoms with Crippen molar-refractivity contribution in [3.05, 3.63) is 36.2 Å². The normalized spacial score (nSPS) is 12.4. The second-order valence-electron chi connectivity index (χ2n) is 4.81. The van der Waals surface area contributed by atoms with Gasteiger partial charge in [0.15, 0.2) is 0 Å². The van der Waals surface area contributed by atoms with Crippen molar-refractivity contribution in [2.75, 3.05) is 0 Å². The molecule has 1 atom stereocenters. The van der Waals surface area contributed by atoms with E-state index in [0.717, 1.165) is 5.69 Å². The summed E-state index contributed by atoms with van der Waals surface area (Å²) in [5, 5.41) is 13.9. The molecule has 2 rings (SSSR count). The Morgan fingerprint density at radius 3 is 2.42 bits per heavy atom. The number of hydrogen-bond acceptors (Lipinski definition) is 4. The molecule has 1 aromatic heterocycles. The molecule has 1 aromatic carbocycles. The number of carbonyl (C=O) groups excluding carboxylic acids is 1. The highest BCUT2D eigenvalue weighted by Gasteiger charge is 2.12. The van der Waals surface area contributed by atoms with Gasteiger partial charge in [0.05, 0.1) is 5.69 Å². The molecule has 0 saturated heterocycles. The summed E-state index contributed by atoms with van der Waals surface area (Å²) in [6.07, 6.45) is 1.51. The van der Waals surface area contributed by atoms with Crippen LogP contribution in [0.2, 0.25) is 0 Å². The fraction of sp³-hybridized carbons (Fsp3) is 0.385. The standard InChI is InChI=1S/C13H17N5O/c1-9(2)10(3)15-13(19)11-4-6-12(7-5-11)18-8-14-16-17-18/h4-10H,1-3H3,(H,15,19). The monoisotopic (exact) mass is 259 g/mol. The van der Waals surface area contributed by atoms with E-state index in [0.29, 0.717) is 11.5 Å². The fourth-order valence-corrected chi connectivity index (χ4v) is 1.50. The van der Waals surface area contributed by atoms with Crippen molar-refractivity contribution in [2.24, 2.45) is 5.92 Å². The second-order valence-corrected chi connectivity index (χ2v) is 4.81. The fourth-order valence-electron chi connectivity index (χ4n) is 1.50. The molecule has 2 aromatic rings. The summed E-state index contributed by atoms with van der Waals surface area (Å²) in [6.45, 7) is 6.15. The van der Waals surface area contributed by atoms with Crippen LogP contribution in [0.4, 0.5) is 0 Å².